The Hall–Kier alpha value is -1.91. The van der Waals surface area contributed by atoms with Crippen molar-refractivity contribution in [2.75, 3.05) is 0 Å². The van der Waals surface area contributed by atoms with Crippen molar-refractivity contribution < 1.29 is 41.6 Å². The van der Waals surface area contributed by atoms with E-state index in [1.165, 1.54) is 0 Å². The summed E-state index contributed by atoms with van der Waals surface area (Å²) in [6.07, 6.45) is 2.61. The summed E-state index contributed by atoms with van der Waals surface area (Å²) in [5.74, 6) is -3.24. The van der Waals surface area contributed by atoms with Crippen LogP contribution in [0.1, 0.15) is 23.5 Å². The predicted octanol–water partition coefficient (Wildman–Crippen LogP) is -3.82. The van der Waals surface area contributed by atoms with Crippen LogP contribution in [0.5, 0.6) is 0 Å². The number of halogens is 1. The second-order valence-electron chi connectivity index (χ2n) is 4.95. The third-order valence-corrected chi connectivity index (χ3v) is 4.86. The maximum atomic E-state index is 14.0. The molecule has 0 amide bonds. The van der Waals surface area contributed by atoms with Crippen LogP contribution < -0.4 is 28.7 Å². The zero-order valence-corrected chi connectivity index (χ0v) is 12.7. The van der Waals surface area contributed by atoms with Gasteiger partial charge in [-0.15, -0.1) is 0 Å². The summed E-state index contributed by atoms with van der Waals surface area (Å²) in [4.78, 5) is 13.9. The number of pyridine rings is 1. The Kier molecular flexibility index (Phi) is 4.26. The Bertz CT molecular complexity index is 946. The molecule has 8 nitrogen and oxygen atoms in total. The molecular weight excluding hydrogens is 322 g/mol. The van der Waals surface area contributed by atoms with Gasteiger partial charge in [-0.1, -0.05) is 0 Å². The van der Waals surface area contributed by atoms with Crippen molar-refractivity contribution in [3.63, 3.8) is 0 Å². The van der Waals surface area contributed by atoms with Crippen LogP contribution in [-0.2, 0) is 10.0 Å². The maximum Gasteiger partial charge on any atom is 1.00 e. The van der Waals surface area contributed by atoms with E-state index in [0.717, 1.165) is 22.9 Å². The number of rotatable bonds is 4. The van der Waals surface area contributed by atoms with E-state index >= 15 is 0 Å². The van der Waals surface area contributed by atoms with Crippen molar-refractivity contribution in [1.82, 2.24) is 14.1 Å². The summed E-state index contributed by atoms with van der Waals surface area (Å²) < 4.78 is 41.4. The molecule has 1 aliphatic carbocycles. The van der Waals surface area contributed by atoms with E-state index in [9.17, 15) is 22.7 Å². The summed E-state index contributed by atoms with van der Waals surface area (Å²) in [6.45, 7) is 0. The molecule has 0 radical (unpaired) electrons. The van der Waals surface area contributed by atoms with E-state index in [4.69, 9.17) is 5.26 Å². The average Bonchev–Trinajstić information content (AvgIpc) is 3.06. The van der Waals surface area contributed by atoms with Gasteiger partial charge in [-0.3, -0.25) is 4.40 Å². The van der Waals surface area contributed by atoms with Gasteiger partial charge >= 0.3 is 18.9 Å². The average molecular weight is 330 g/mol. The Balaban J connectivity index is 0.00000192. The number of fused-ring (bicyclic) bond motifs is 1. The van der Waals surface area contributed by atoms with Crippen molar-refractivity contribution in [3.05, 3.63) is 30.1 Å². The number of nitriles is 1. The summed E-state index contributed by atoms with van der Waals surface area (Å²) in [7, 11) is -4.18. The van der Waals surface area contributed by atoms with Gasteiger partial charge in [-0.2, -0.15) is 9.98 Å². The fraction of sp³-hybridized carbons (Fsp3) is 0.250. The van der Waals surface area contributed by atoms with Crippen LogP contribution in [0.4, 0.5) is 4.39 Å². The van der Waals surface area contributed by atoms with Crippen LogP contribution in [0.2, 0.25) is 0 Å². The molecule has 0 aliphatic heterocycles. The number of aromatic carboxylic acids is 1. The van der Waals surface area contributed by atoms with Crippen molar-refractivity contribution in [2.24, 2.45) is 0 Å². The normalized spacial score (nSPS) is 15.7. The summed E-state index contributed by atoms with van der Waals surface area (Å²) >= 11 is 0. The van der Waals surface area contributed by atoms with Gasteiger partial charge in [-0.05, 0) is 18.9 Å². The monoisotopic (exact) mass is 330 g/mol. The smallest absolute Gasteiger partial charge is 0.542 e. The fourth-order valence-electron chi connectivity index (χ4n) is 2.01. The van der Waals surface area contributed by atoms with Gasteiger partial charge in [0.15, 0.2) is 5.82 Å². The fourth-order valence-corrected chi connectivity index (χ4v) is 3.39. The van der Waals surface area contributed by atoms with Gasteiger partial charge in [0, 0.05) is 6.20 Å². The van der Waals surface area contributed by atoms with Gasteiger partial charge in [0.2, 0.25) is 10.0 Å². The molecule has 0 atom stereocenters. The van der Waals surface area contributed by atoms with E-state index in [-0.39, 0.29) is 24.4 Å². The summed E-state index contributed by atoms with van der Waals surface area (Å²) in [5.41, 5.74) is -1.37. The third kappa shape index (κ3) is 2.96. The molecule has 0 saturated heterocycles. The number of sulfonamides is 1. The molecule has 2 aromatic rings. The van der Waals surface area contributed by atoms with E-state index in [0.29, 0.717) is 12.8 Å². The number of imidazole rings is 1. The van der Waals surface area contributed by atoms with Gasteiger partial charge in [-0.25, -0.2) is 17.8 Å². The first-order chi connectivity index (χ1) is 10.3. The van der Waals surface area contributed by atoms with Gasteiger partial charge in [0.1, 0.15) is 27.7 Å². The third-order valence-electron chi connectivity index (χ3n) is 3.35. The number of carbonyl (C=O) groups is 1. The second kappa shape index (κ2) is 5.62. The Morgan fingerprint density at radius 3 is 2.70 bits per heavy atom. The number of nitrogens with one attached hydrogen (secondary N) is 1. The van der Waals surface area contributed by atoms with Gasteiger partial charge in [0.05, 0.1) is 12.3 Å². The molecule has 1 aliphatic rings. The molecular formula is C12H8FLiN4O4S. The standard InChI is InChI=1S/C12H9FN4O4S.Li/c13-8-3-7(22(20,21)16-12(6-14)1-2-12)5-17-9(8)4-15-10(17)11(18)19;/h3-5,16H,1-2H2,(H,18,19);/q;+1/p-1. The Morgan fingerprint density at radius 2 is 2.17 bits per heavy atom. The minimum atomic E-state index is -4.18. The summed E-state index contributed by atoms with van der Waals surface area (Å²) in [6, 6.07) is 2.59. The first-order valence-electron chi connectivity index (χ1n) is 6.11. The molecule has 1 N–H and O–H groups in total. The Morgan fingerprint density at radius 1 is 1.52 bits per heavy atom. The van der Waals surface area contributed by atoms with E-state index in [1.54, 1.807) is 0 Å². The van der Waals surface area contributed by atoms with Gasteiger partial charge in [0.25, 0.3) is 0 Å². The minimum Gasteiger partial charge on any atom is -0.542 e. The van der Waals surface area contributed by atoms with E-state index in [2.05, 4.69) is 9.71 Å². The molecule has 0 aromatic carbocycles. The molecule has 11 heteroatoms. The minimum absolute atomic E-state index is 0. The van der Waals surface area contributed by atoms with Crippen LogP contribution >= 0.6 is 0 Å². The molecule has 0 spiro atoms. The predicted molar refractivity (Wildman–Crippen MR) is 67.4 cm³/mol. The van der Waals surface area contributed by atoms with Crippen LogP contribution in [0.15, 0.2) is 23.4 Å². The number of hydrogen-bond donors (Lipinski definition) is 1. The molecule has 2 aromatic heterocycles. The molecule has 1 saturated carbocycles. The van der Waals surface area contributed by atoms with Gasteiger partial charge < -0.3 is 9.90 Å². The zero-order chi connectivity index (χ0) is 16.1. The summed E-state index contributed by atoms with van der Waals surface area (Å²) in [5, 5.41) is 19.8. The van der Waals surface area contributed by atoms with Crippen molar-refractivity contribution in [2.45, 2.75) is 23.3 Å². The zero-order valence-electron chi connectivity index (χ0n) is 11.9. The number of carboxylic acid groups (broad SMARTS) is 1. The molecule has 3 rings (SSSR count). The Labute approximate surface area is 142 Å². The van der Waals surface area contributed by atoms with Crippen molar-refractivity contribution in [1.29, 1.82) is 5.26 Å². The van der Waals surface area contributed by atoms with Crippen LogP contribution in [0.3, 0.4) is 0 Å². The largest absolute Gasteiger partial charge is 1.00 e. The van der Waals surface area contributed by atoms with Crippen molar-refractivity contribution in [3.8, 4) is 6.07 Å². The van der Waals surface area contributed by atoms with E-state index < -0.39 is 38.1 Å². The van der Waals surface area contributed by atoms with Crippen LogP contribution in [0.25, 0.3) is 5.52 Å². The molecule has 23 heavy (non-hydrogen) atoms. The number of aromatic nitrogens is 2. The number of hydrogen-bond acceptors (Lipinski definition) is 6. The quantitative estimate of drug-likeness (QED) is 0.572. The molecule has 2 heterocycles. The molecule has 0 bridgehead atoms. The second-order valence-corrected chi connectivity index (χ2v) is 6.63. The van der Waals surface area contributed by atoms with Crippen LogP contribution in [-0.4, -0.2) is 29.3 Å². The number of carboxylic acids is 1. The van der Waals surface area contributed by atoms with Crippen LogP contribution in [0, 0.1) is 17.1 Å². The molecule has 114 valence electrons. The SMILES string of the molecule is N#CC1(NS(=O)(=O)c2cc(F)c3cnc(C(=O)[O-])n3c2)CC1.[Li+]. The maximum absolute atomic E-state index is 14.0. The van der Waals surface area contributed by atoms with Crippen molar-refractivity contribution >= 4 is 21.5 Å². The number of carbonyl (C=O) groups excluding carboxylic acids is 1. The number of nitrogens with zero attached hydrogens (tertiary/aromatic N) is 3. The van der Waals surface area contributed by atoms with E-state index in [1.807, 2.05) is 6.07 Å². The first-order valence-corrected chi connectivity index (χ1v) is 7.59. The molecule has 1 fully saturated rings. The first kappa shape index (κ1) is 17.4. The topological polar surface area (TPSA) is 127 Å². The molecule has 0 unspecified atom stereocenters.